The molecule has 1 aromatic rings. The Morgan fingerprint density at radius 3 is 3.22 bits per heavy atom. The standard InChI is InChI=1S/C12H13ClN2O2S/c1-12(13)6-14-15-4-2-3-8-7(10(12)15)5-9(18-8)11(16)17/h5-6,10H,2-4H2,1H3,(H,16,17). The number of rotatable bonds is 1. The number of carbonyl (C=O) groups is 1. The zero-order chi connectivity index (χ0) is 12.9. The smallest absolute Gasteiger partial charge is 0.345 e. The van der Waals surface area contributed by atoms with E-state index in [1.165, 1.54) is 11.3 Å². The lowest BCUT2D eigenvalue weighted by Crippen LogP contribution is -2.32. The van der Waals surface area contributed by atoms with E-state index in [9.17, 15) is 4.79 Å². The predicted octanol–water partition coefficient (Wildman–Crippen LogP) is 2.73. The Hall–Kier alpha value is -1.07. The molecule has 2 aliphatic heterocycles. The maximum atomic E-state index is 11.1. The number of hydrogen-bond acceptors (Lipinski definition) is 4. The van der Waals surface area contributed by atoms with Crippen molar-refractivity contribution < 1.29 is 9.90 Å². The van der Waals surface area contributed by atoms with Crippen LogP contribution in [0.25, 0.3) is 0 Å². The summed E-state index contributed by atoms with van der Waals surface area (Å²) in [7, 11) is 0. The Labute approximate surface area is 114 Å². The number of hydrogen-bond donors (Lipinski definition) is 1. The van der Waals surface area contributed by atoms with E-state index >= 15 is 0 Å². The molecule has 0 radical (unpaired) electrons. The van der Waals surface area contributed by atoms with Crippen molar-refractivity contribution in [3.63, 3.8) is 0 Å². The molecule has 0 aromatic carbocycles. The summed E-state index contributed by atoms with van der Waals surface area (Å²) in [6.07, 6.45) is 3.64. The Morgan fingerprint density at radius 2 is 2.50 bits per heavy atom. The van der Waals surface area contributed by atoms with Gasteiger partial charge in [0.25, 0.3) is 0 Å². The molecule has 4 nitrogen and oxygen atoms in total. The molecule has 1 N–H and O–H groups in total. The first kappa shape index (κ1) is 12.0. The number of halogens is 1. The van der Waals surface area contributed by atoms with E-state index < -0.39 is 10.8 Å². The monoisotopic (exact) mass is 284 g/mol. The van der Waals surface area contributed by atoms with Gasteiger partial charge in [0.15, 0.2) is 0 Å². The quantitative estimate of drug-likeness (QED) is 0.807. The van der Waals surface area contributed by atoms with Crippen molar-refractivity contribution in [2.24, 2.45) is 5.10 Å². The van der Waals surface area contributed by atoms with Gasteiger partial charge in [0, 0.05) is 17.6 Å². The summed E-state index contributed by atoms with van der Waals surface area (Å²) in [6.45, 7) is 2.79. The summed E-state index contributed by atoms with van der Waals surface area (Å²) < 4.78 is 0. The van der Waals surface area contributed by atoms with E-state index in [1.54, 1.807) is 12.3 Å². The van der Waals surface area contributed by atoms with E-state index in [-0.39, 0.29) is 6.04 Å². The van der Waals surface area contributed by atoms with E-state index in [4.69, 9.17) is 16.7 Å². The van der Waals surface area contributed by atoms with Gasteiger partial charge < -0.3 is 5.11 Å². The summed E-state index contributed by atoms with van der Waals surface area (Å²) >= 11 is 7.86. The Bertz CT molecular complexity index is 538. The molecular weight excluding hydrogens is 272 g/mol. The van der Waals surface area contributed by atoms with Crippen LogP contribution in [-0.2, 0) is 6.42 Å². The predicted molar refractivity (Wildman–Crippen MR) is 71.8 cm³/mol. The van der Waals surface area contributed by atoms with Crippen molar-refractivity contribution in [3.05, 3.63) is 21.4 Å². The zero-order valence-corrected chi connectivity index (χ0v) is 11.5. The minimum absolute atomic E-state index is 0.0407. The molecule has 0 saturated heterocycles. The first-order chi connectivity index (χ1) is 8.49. The topological polar surface area (TPSA) is 52.9 Å². The molecule has 0 amide bonds. The lowest BCUT2D eigenvalue weighted by atomic mass is 9.95. The fraction of sp³-hybridized carbons (Fsp3) is 0.500. The number of carboxylic acids is 1. The summed E-state index contributed by atoms with van der Waals surface area (Å²) in [5.74, 6) is -0.866. The molecule has 0 bridgehead atoms. The Balaban J connectivity index is 2.10. The molecule has 6 heteroatoms. The van der Waals surface area contributed by atoms with E-state index in [0.717, 1.165) is 29.8 Å². The molecule has 0 aliphatic carbocycles. The van der Waals surface area contributed by atoms with Crippen molar-refractivity contribution in [2.75, 3.05) is 6.54 Å². The van der Waals surface area contributed by atoms with E-state index in [2.05, 4.69) is 5.10 Å². The highest BCUT2D eigenvalue weighted by atomic mass is 35.5. The van der Waals surface area contributed by atoms with Gasteiger partial charge in [-0.05, 0) is 31.4 Å². The van der Waals surface area contributed by atoms with Crippen LogP contribution in [0.2, 0.25) is 0 Å². The molecule has 2 unspecified atom stereocenters. The number of aryl methyl sites for hydroxylation is 1. The van der Waals surface area contributed by atoms with Crippen molar-refractivity contribution in [1.82, 2.24) is 5.01 Å². The van der Waals surface area contributed by atoms with Crippen LogP contribution in [0.1, 0.15) is 39.5 Å². The van der Waals surface area contributed by atoms with Crippen molar-refractivity contribution in [1.29, 1.82) is 0 Å². The van der Waals surface area contributed by atoms with Gasteiger partial charge >= 0.3 is 5.97 Å². The molecule has 96 valence electrons. The van der Waals surface area contributed by atoms with Crippen molar-refractivity contribution >= 4 is 35.1 Å². The number of alkyl halides is 1. The van der Waals surface area contributed by atoms with Crippen molar-refractivity contribution in [2.45, 2.75) is 30.7 Å². The van der Waals surface area contributed by atoms with Crippen LogP contribution in [0.5, 0.6) is 0 Å². The highest BCUT2D eigenvalue weighted by molar-refractivity contribution is 7.14. The summed E-state index contributed by atoms with van der Waals surface area (Å²) in [5, 5.41) is 15.4. The maximum absolute atomic E-state index is 11.1. The largest absolute Gasteiger partial charge is 0.477 e. The molecule has 2 atom stereocenters. The van der Waals surface area contributed by atoms with E-state index in [1.807, 2.05) is 11.9 Å². The highest BCUT2D eigenvalue weighted by Crippen LogP contribution is 2.45. The normalized spacial score (nSPS) is 29.9. The summed E-state index contributed by atoms with van der Waals surface area (Å²) in [5.41, 5.74) is 1.03. The van der Waals surface area contributed by atoms with Crippen LogP contribution < -0.4 is 0 Å². The number of nitrogens with zero attached hydrogens (tertiary/aromatic N) is 2. The van der Waals surface area contributed by atoms with Gasteiger partial charge in [0.2, 0.25) is 0 Å². The van der Waals surface area contributed by atoms with Gasteiger partial charge in [-0.3, -0.25) is 5.01 Å². The Morgan fingerprint density at radius 1 is 1.72 bits per heavy atom. The first-order valence-corrected chi connectivity index (χ1v) is 7.05. The van der Waals surface area contributed by atoms with Gasteiger partial charge in [0.1, 0.15) is 9.75 Å². The minimum atomic E-state index is -0.866. The van der Waals surface area contributed by atoms with Crippen LogP contribution in [0.4, 0.5) is 0 Å². The van der Waals surface area contributed by atoms with Gasteiger partial charge in [0.05, 0.1) is 6.04 Å². The Kier molecular flexibility index (Phi) is 2.64. The SMILES string of the molecule is CC1(Cl)C=NN2CCCc3sc(C(=O)O)cc3C21. The third kappa shape index (κ3) is 1.73. The number of fused-ring (bicyclic) bond motifs is 3. The van der Waals surface area contributed by atoms with Crippen LogP contribution in [-0.4, -0.2) is 33.7 Å². The van der Waals surface area contributed by atoms with E-state index in [0.29, 0.717) is 4.88 Å². The molecule has 2 aliphatic rings. The summed E-state index contributed by atoms with van der Waals surface area (Å²) in [6, 6.07) is 1.72. The average molecular weight is 285 g/mol. The maximum Gasteiger partial charge on any atom is 0.345 e. The number of hydrazone groups is 1. The number of aromatic carboxylic acids is 1. The van der Waals surface area contributed by atoms with Gasteiger partial charge in [-0.1, -0.05) is 0 Å². The molecular formula is C12H13ClN2O2S. The third-order valence-corrected chi connectivity index (χ3v) is 4.93. The molecule has 0 saturated carbocycles. The molecule has 1 aromatic heterocycles. The zero-order valence-electron chi connectivity index (χ0n) is 9.89. The lowest BCUT2D eigenvalue weighted by Gasteiger charge is -2.28. The summed E-state index contributed by atoms with van der Waals surface area (Å²) in [4.78, 5) is 12.1. The lowest BCUT2D eigenvalue weighted by molar-refractivity contribution is 0.0702. The van der Waals surface area contributed by atoms with Crippen LogP contribution in [0.3, 0.4) is 0 Å². The second kappa shape index (κ2) is 3.96. The van der Waals surface area contributed by atoms with Crippen molar-refractivity contribution in [3.8, 4) is 0 Å². The highest BCUT2D eigenvalue weighted by Gasteiger charge is 2.43. The fourth-order valence-corrected chi connectivity index (χ4v) is 3.99. The first-order valence-electron chi connectivity index (χ1n) is 5.85. The minimum Gasteiger partial charge on any atom is -0.477 e. The third-order valence-electron chi connectivity index (χ3n) is 3.43. The second-order valence-electron chi connectivity index (χ2n) is 4.86. The average Bonchev–Trinajstić information content (AvgIpc) is 2.76. The van der Waals surface area contributed by atoms with Gasteiger partial charge in [-0.15, -0.1) is 22.9 Å². The second-order valence-corrected chi connectivity index (χ2v) is 6.81. The molecule has 0 fully saturated rings. The number of carboxylic acid groups (broad SMARTS) is 1. The molecule has 3 rings (SSSR count). The number of thiophene rings is 1. The van der Waals surface area contributed by atoms with Crippen LogP contribution in [0.15, 0.2) is 11.2 Å². The fourth-order valence-electron chi connectivity index (χ4n) is 2.64. The van der Waals surface area contributed by atoms with Crippen LogP contribution in [0, 0.1) is 0 Å². The molecule has 0 spiro atoms. The molecule has 18 heavy (non-hydrogen) atoms. The van der Waals surface area contributed by atoms with Gasteiger partial charge in [-0.2, -0.15) is 5.10 Å². The molecule has 3 heterocycles. The van der Waals surface area contributed by atoms with Crippen LogP contribution >= 0.6 is 22.9 Å². The van der Waals surface area contributed by atoms with Gasteiger partial charge in [-0.25, -0.2) is 4.79 Å².